The average molecular weight is 253 g/mol. The quantitative estimate of drug-likeness (QED) is 0.636. The number of carbonyl (C=O) groups is 2. The standard InChI is InChI=1S/C12H15NO5/c1-7(11(14)17-3)18-12(15)8-5-4-6-9(16-2)10(8)13/h4-7H,13H2,1-3H3. The molecule has 98 valence electrons. The second-order valence-corrected chi connectivity index (χ2v) is 3.49. The first-order chi connectivity index (χ1) is 8.51. The summed E-state index contributed by atoms with van der Waals surface area (Å²) in [6.45, 7) is 1.42. The zero-order valence-corrected chi connectivity index (χ0v) is 10.4. The van der Waals surface area contributed by atoms with Gasteiger partial charge in [0.05, 0.1) is 25.5 Å². The minimum Gasteiger partial charge on any atom is -0.495 e. The van der Waals surface area contributed by atoms with Crippen molar-refractivity contribution in [1.82, 2.24) is 0 Å². The van der Waals surface area contributed by atoms with Crippen LogP contribution in [-0.4, -0.2) is 32.3 Å². The summed E-state index contributed by atoms with van der Waals surface area (Å²) >= 11 is 0. The zero-order chi connectivity index (χ0) is 13.7. The molecule has 1 aromatic carbocycles. The highest BCUT2D eigenvalue weighted by molar-refractivity contribution is 5.97. The van der Waals surface area contributed by atoms with Gasteiger partial charge in [-0.3, -0.25) is 0 Å². The van der Waals surface area contributed by atoms with E-state index in [4.69, 9.17) is 15.2 Å². The fraction of sp³-hybridized carbons (Fsp3) is 0.333. The summed E-state index contributed by atoms with van der Waals surface area (Å²) in [4.78, 5) is 22.9. The van der Waals surface area contributed by atoms with Crippen LogP contribution in [0.4, 0.5) is 5.69 Å². The highest BCUT2D eigenvalue weighted by Gasteiger charge is 2.21. The minimum atomic E-state index is -0.992. The molecular weight excluding hydrogens is 238 g/mol. The Morgan fingerprint density at radius 3 is 2.50 bits per heavy atom. The van der Waals surface area contributed by atoms with Crippen LogP contribution in [-0.2, 0) is 14.3 Å². The number of carbonyl (C=O) groups excluding carboxylic acids is 2. The lowest BCUT2D eigenvalue weighted by atomic mass is 10.1. The van der Waals surface area contributed by atoms with Gasteiger partial charge in [0.25, 0.3) is 0 Å². The van der Waals surface area contributed by atoms with Crippen molar-refractivity contribution in [3.63, 3.8) is 0 Å². The van der Waals surface area contributed by atoms with E-state index in [0.717, 1.165) is 0 Å². The lowest BCUT2D eigenvalue weighted by molar-refractivity contribution is -0.149. The van der Waals surface area contributed by atoms with Gasteiger partial charge in [-0.15, -0.1) is 0 Å². The van der Waals surface area contributed by atoms with Crippen molar-refractivity contribution >= 4 is 17.6 Å². The maximum atomic E-state index is 11.8. The summed E-state index contributed by atoms with van der Waals surface area (Å²) in [5.74, 6) is -0.968. The first-order valence-electron chi connectivity index (χ1n) is 5.22. The molecule has 2 N–H and O–H groups in total. The van der Waals surface area contributed by atoms with Crippen LogP contribution < -0.4 is 10.5 Å². The third-order valence-corrected chi connectivity index (χ3v) is 2.32. The van der Waals surface area contributed by atoms with Gasteiger partial charge in [0.1, 0.15) is 5.75 Å². The van der Waals surface area contributed by atoms with E-state index in [9.17, 15) is 9.59 Å². The number of hydrogen-bond donors (Lipinski definition) is 1. The lowest BCUT2D eigenvalue weighted by Gasteiger charge is -2.13. The maximum absolute atomic E-state index is 11.8. The van der Waals surface area contributed by atoms with E-state index < -0.39 is 18.0 Å². The van der Waals surface area contributed by atoms with E-state index in [-0.39, 0.29) is 11.3 Å². The Hall–Kier alpha value is -2.24. The van der Waals surface area contributed by atoms with Crippen molar-refractivity contribution in [2.24, 2.45) is 0 Å². The molecular formula is C12H15NO5. The molecule has 1 unspecified atom stereocenters. The molecule has 0 heterocycles. The molecule has 0 saturated heterocycles. The van der Waals surface area contributed by atoms with Gasteiger partial charge in [-0.25, -0.2) is 9.59 Å². The van der Waals surface area contributed by atoms with Crippen molar-refractivity contribution < 1.29 is 23.8 Å². The summed E-state index contributed by atoms with van der Waals surface area (Å²) in [5, 5.41) is 0. The predicted octanol–water partition coefficient (Wildman–Crippen LogP) is 0.996. The number of ether oxygens (including phenoxy) is 3. The molecule has 6 nitrogen and oxygen atoms in total. The fourth-order valence-corrected chi connectivity index (χ4v) is 1.34. The van der Waals surface area contributed by atoms with E-state index in [1.54, 1.807) is 12.1 Å². The molecule has 0 aliphatic carbocycles. The molecule has 0 aliphatic heterocycles. The minimum absolute atomic E-state index is 0.144. The van der Waals surface area contributed by atoms with Crippen LogP contribution in [0.15, 0.2) is 18.2 Å². The largest absolute Gasteiger partial charge is 0.495 e. The average Bonchev–Trinajstić information content (AvgIpc) is 2.37. The predicted molar refractivity (Wildman–Crippen MR) is 64.3 cm³/mol. The van der Waals surface area contributed by atoms with E-state index in [2.05, 4.69) is 4.74 Å². The van der Waals surface area contributed by atoms with Crippen LogP contribution in [0.2, 0.25) is 0 Å². The monoisotopic (exact) mass is 253 g/mol. The molecule has 0 aromatic heterocycles. The van der Waals surface area contributed by atoms with Crippen molar-refractivity contribution in [2.45, 2.75) is 13.0 Å². The normalized spacial score (nSPS) is 11.5. The Balaban J connectivity index is 2.88. The molecule has 18 heavy (non-hydrogen) atoms. The number of methoxy groups -OCH3 is 2. The van der Waals surface area contributed by atoms with Crippen molar-refractivity contribution in [3.8, 4) is 5.75 Å². The van der Waals surface area contributed by atoms with Crippen LogP contribution in [0.3, 0.4) is 0 Å². The van der Waals surface area contributed by atoms with E-state index >= 15 is 0 Å². The van der Waals surface area contributed by atoms with Crippen LogP contribution in [0.25, 0.3) is 0 Å². The van der Waals surface area contributed by atoms with Crippen molar-refractivity contribution in [2.75, 3.05) is 20.0 Å². The first-order valence-corrected chi connectivity index (χ1v) is 5.22. The third-order valence-electron chi connectivity index (χ3n) is 2.32. The molecule has 0 radical (unpaired) electrons. The Morgan fingerprint density at radius 1 is 1.28 bits per heavy atom. The van der Waals surface area contributed by atoms with Crippen LogP contribution in [0.5, 0.6) is 5.75 Å². The number of rotatable bonds is 4. The topological polar surface area (TPSA) is 87.8 Å². The number of nitrogen functional groups attached to an aromatic ring is 1. The maximum Gasteiger partial charge on any atom is 0.346 e. The smallest absolute Gasteiger partial charge is 0.346 e. The van der Waals surface area contributed by atoms with Gasteiger partial charge >= 0.3 is 11.9 Å². The van der Waals surface area contributed by atoms with Crippen LogP contribution >= 0.6 is 0 Å². The molecule has 0 fully saturated rings. The van der Waals surface area contributed by atoms with E-state index in [0.29, 0.717) is 5.75 Å². The molecule has 1 rings (SSSR count). The number of hydrogen-bond acceptors (Lipinski definition) is 6. The molecule has 0 amide bonds. The summed E-state index contributed by atoms with van der Waals surface area (Å²) in [5.41, 5.74) is 6.05. The van der Waals surface area contributed by atoms with Crippen molar-refractivity contribution in [1.29, 1.82) is 0 Å². The molecule has 1 aromatic rings. The second-order valence-electron chi connectivity index (χ2n) is 3.49. The third kappa shape index (κ3) is 2.91. The molecule has 0 saturated carbocycles. The summed E-state index contributed by atoms with van der Waals surface area (Å²) in [6, 6.07) is 4.72. The molecule has 0 spiro atoms. The Morgan fingerprint density at radius 2 is 1.94 bits per heavy atom. The highest BCUT2D eigenvalue weighted by atomic mass is 16.6. The summed E-state index contributed by atoms with van der Waals surface area (Å²) in [7, 11) is 2.66. The van der Waals surface area contributed by atoms with Gasteiger partial charge in [-0.2, -0.15) is 0 Å². The van der Waals surface area contributed by atoms with Crippen molar-refractivity contribution in [3.05, 3.63) is 23.8 Å². The highest BCUT2D eigenvalue weighted by Crippen LogP contribution is 2.25. The van der Waals surface area contributed by atoms with Crippen LogP contribution in [0, 0.1) is 0 Å². The molecule has 0 bridgehead atoms. The fourth-order valence-electron chi connectivity index (χ4n) is 1.34. The Kier molecular flexibility index (Phi) is 4.53. The van der Waals surface area contributed by atoms with Gasteiger partial charge in [0.15, 0.2) is 6.10 Å². The summed E-state index contributed by atoms with van der Waals surface area (Å²) in [6.07, 6.45) is -0.992. The number of nitrogens with two attached hydrogens (primary N) is 1. The van der Waals surface area contributed by atoms with Crippen LogP contribution in [0.1, 0.15) is 17.3 Å². The Labute approximate surface area is 105 Å². The molecule has 6 heteroatoms. The first kappa shape index (κ1) is 13.8. The number of benzene rings is 1. The number of para-hydroxylation sites is 1. The second kappa shape index (κ2) is 5.90. The molecule has 0 aliphatic rings. The van der Waals surface area contributed by atoms with Gasteiger partial charge in [-0.05, 0) is 19.1 Å². The Bertz CT molecular complexity index is 458. The SMILES string of the molecule is COC(=O)C(C)OC(=O)c1cccc(OC)c1N. The summed E-state index contributed by atoms with van der Waals surface area (Å²) < 4.78 is 14.4. The molecule has 1 atom stereocenters. The van der Waals surface area contributed by atoms with Gasteiger partial charge in [-0.1, -0.05) is 6.07 Å². The van der Waals surface area contributed by atoms with E-state index in [1.807, 2.05) is 0 Å². The number of esters is 2. The van der Waals surface area contributed by atoms with Gasteiger partial charge in [0.2, 0.25) is 0 Å². The van der Waals surface area contributed by atoms with E-state index in [1.165, 1.54) is 27.2 Å². The van der Waals surface area contributed by atoms with Gasteiger partial charge < -0.3 is 19.9 Å². The lowest BCUT2D eigenvalue weighted by Crippen LogP contribution is -2.25. The number of anilines is 1. The van der Waals surface area contributed by atoms with Gasteiger partial charge in [0, 0.05) is 0 Å². The zero-order valence-electron chi connectivity index (χ0n) is 10.4.